The molecule has 4 aromatic rings. The van der Waals surface area contributed by atoms with Crippen LogP contribution in [0.1, 0.15) is 0 Å². The zero-order valence-corrected chi connectivity index (χ0v) is 14.5. The third-order valence-corrected chi connectivity index (χ3v) is 4.46. The molecule has 25 heavy (non-hydrogen) atoms. The SMILES string of the molecule is COc1cc2ccc3c4cc(OC)c(OC)cc4oc3c2cc1OC. The molecule has 0 N–H and O–H groups in total. The number of benzene rings is 3. The Morgan fingerprint density at radius 3 is 1.80 bits per heavy atom. The van der Waals surface area contributed by atoms with Crippen LogP contribution in [0.25, 0.3) is 32.7 Å². The Bertz CT molecular complexity index is 1090. The van der Waals surface area contributed by atoms with Crippen LogP contribution in [0.15, 0.2) is 40.8 Å². The van der Waals surface area contributed by atoms with Crippen molar-refractivity contribution in [2.45, 2.75) is 0 Å². The van der Waals surface area contributed by atoms with E-state index in [0.29, 0.717) is 23.0 Å². The van der Waals surface area contributed by atoms with Crippen molar-refractivity contribution in [2.24, 2.45) is 0 Å². The fourth-order valence-corrected chi connectivity index (χ4v) is 3.21. The van der Waals surface area contributed by atoms with Gasteiger partial charge in [0.25, 0.3) is 0 Å². The molecule has 3 aromatic carbocycles. The third kappa shape index (κ3) is 2.23. The van der Waals surface area contributed by atoms with Crippen molar-refractivity contribution >= 4 is 32.7 Å². The van der Waals surface area contributed by atoms with E-state index in [1.165, 1.54) is 0 Å². The molecule has 5 heteroatoms. The number of methoxy groups -OCH3 is 4. The van der Waals surface area contributed by atoms with E-state index in [1.54, 1.807) is 28.4 Å². The van der Waals surface area contributed by atoms with Crippen molar-refractivity contribution in [3.8, 4) is 23.0 Å². The second kappa shape index (κ2) is 5.77. The van der Waals surface area contributed by atoms with Gasteiger partial charge in [0.15, 0.2) is 23.0 Å². The highest BCUT2D eigenvalue weighted by Gasteiger charge is 2.16. The fourth-order valence-electron chi connectivity index (χ4n) is 3.21. The molecule has 0 aliphatic carbocycles. The summed E-state index contributed by atoms with van der Waals surface area (Å²) in [6, 6.07) is 11.8. The molecule has 0 aliphatic heterocycles. The predicted octanol–water partition coefficient (Wildman–Crippen LogP) is 4.77. The number of fused-ring (bicyclic) bond motifs is 5. The van der Waals surface area contributed by atoms with Crippen LogP contribution in [-0.4, -0.2) is 28.4 Å². The van der Waals surface area contributed by atoms with Crippen molar-refractivity contribution in [1.82, 2.24) is 0 Å². The van der Waals surface area contributed by atoms with Gasteiger partial charge in [-0.25, -0.2) is 0 Å². The molecule has 4 rings (SSSR count). The van der Waals surface area contributed by atoms with Gasteiger partial charge in [-0.3, -0.25) is 0 Å². The van der Waals surface area contributed by atoms with E-state index in [9.17, 15) is 0 Å². The fraction of sp³-hybridized carbons (Fsp3) is 0.200. The lowest BCUT2D eigenvalue weighted by Crippen LogP contribution is -1.90. The molecule has 0 aliphatic rings. The van der Waals surface area contributed by atoms with Crippen LogP contribution in [0, 0.1) is 0 Å². The standard InChI is InChI=1S/C20H18O5/c1-21-16-7-11-5-6-12-14-9-18(23-3)19(24-4)10-15(14)25-20(12)13(11)8-17(16)22-2/h5-10H,1-4H3. The van der Waals surface area contributed by atoms with Crippen LogP contribution in [-0.2, 0) is 0 Å². The second-order valence-electron chi connectivity index (χ2n) is 5.68. The summed E-state index contributed by atoms with van der Waals surface area (Å²) < 4.78 is 27.8. The zero-order chi connectivity index (χ0) is 17.6. The summed E-state index contributed by atoms with van der Waals surface area (Å²) in [5, 5.41) is 3.97. The molecule has 128 valence electrons. The summed E-state index contributed by atoms with van der Waals surface area (Å²) >= 11 is 0. The Balaban J connectivity index is 2.10. The summed E-state index contributed by atoms with van der Waals surface area (Å²) in [4.78, 5) is 0. The minimum atomic E-state index is 0.637. The number of ether oxygens (including phenoxy) is 4. The quantitative estimate of drug-likeness (QED) is 0.536. The first kappa shape index (κ1) is 15.4. The monoisotopic (exact) mass is 338 g/mol. The van der Waals surface area contributed by atoms with E-state index in [2.05, 4.69) is 0 Å². The Morgan fingerprint density at radius 2 is 1.16 bits per heavy atom. The summed E-state index contributed by atoms with van der Waals surface area (Å²) in [5.41, 5.74) is 1.54. The number of hydrogen-bond donors (Lipinski definition) is 0. The van der Waals surface area contributed by atoms with Gasteiger partial charge in [-0.2, -0.15) is 0 Å². The van der Waals surface area contributed by atoms with E-state index in [1.807, 2.05) is 36.4 Å². The van der Waals surface area contributed by atoms with Crippen LogP contribution >= 0.6 is 0 Å². The molecule has 0 spiro atoms. The van der Waals surface area contributed by atoms with E-state index in [-0.39, 0.29) is 0 Å². The van der Waals surface area contributed by atoms with Crippen LogP contribution in [0.5, 0.6) is 23.0 Å². The molecule has 0 radical (unpaired) electrons. The molecule has 0 saturated heterocycles. The van der Waals surface area contributed by atoms with Crippen molar-refractivity contribution in [3.63, 3.8) is 0 Å². The van der Waals surface area contributed by atoms with Crippen LogP contribution in [0.4, 0.5) is 0 Å². The minimum absolute atomic E-state index is 0.637. The van der Waals surface area contributed by atoms with Gasteiger partial charge in [0.2, 0.25) is 0 Å². The minimum Gasteiger partial charge on any atom is -0.493 e. The average molecular weight is 338 g/mol. The van der Waals surface area contributed by atoms with Crippen molar-refractivity contribution in [2.75, 3.05) is 28.4 Å². The normalized spacial score (nSPS) is 11.2. The lowest BCUT2D eigenvalue weighted by atomic mass is 10.0. The van der Waals surface area contributed by atoms with E-state index < -0.39 is 0 Å². The Hall–Kier alpha value is -3.08. The Morgan fingerprint density at radius 1 is 0.600 bits per heavy atom. The maximum Gasteiger partial charge on any atom is 0.164 e. The van der Waals surface area contributed by atoms with Gasteiger partial charge < -0.3 is 23.4 Å². The molecular formula is C20H18O5. The first-order valence-corrected chi connectivity index (χ1v) is 7.83. The molecule has 0 atom stereocenters. The molecule has 1 heterocycles. The number of rotatable bonds is 4. The lowest BCUT2D eigenvalue weighted by Gasteiger charge is -2.09. The molecule has 0 amide bonds. The predicted molar refractivity (Wildman–Crippen MR) is 97.4 cm³/mol. The smallest absolute Gasteiger partial charge is 0.164 e. The first-order chi connectivity index (χ1) is 12.2. The van der Waals surface area contributed by atoms with Gasteiger partial charge in [0, 0.05) is 22.2 Å². The van der Waals surface area contributed by atoms with Crippen molar-refractivity contribution < 1.29 is 23.4 Å². The summed E-state index contributed by atoms with van der Waals surface area (Å²) in [7, 11) is 6.48. The van der Waals surface area contributed by atoms with Gasteiger partial charge in [-0.05, 0) is 29.7 Å². The van der Waals surface area contributed by atoms with Gasteiger partial charge >= 0.3 is 0 Å². The zero-order valence-electron chi connectivity index (χ0n) is 14.5. The summed E-state index contributed by atoms with van der Waals surface area (Å²) in [6.07, 6.45) is 0. The third-order valence-electron chi connectivity index (χ3n) is 4.46. The van der Waals surface area contributed by atoms with Gasteiger partial charge in [0.1, 0.15) is 11.2 Å². The Labute approximate surface area is 144 Å². The highest BCUT2D eigenvalue weighted by molar-refractivity contribution is 6.16. The maximum absolute atomic E-state index is 6.15. The van der Waals surface area contributed by atoms with Gasteiger partial charge in [-0.1, -0.05) is 6.07 Å². The average Bonchev–Trinajstić information content (AvgIpc) is 3.03. The van der Waals surface area contributed by atoms with Crippen LogP contribution < -0.4 is 18.9 Å². The number of furan rings is 1. The largest absolute Gasteiger partial charge is 0.493 e. The van der Waals surface area contributed by atoms with E-state index in [0.717, 1.165) is 32.7 Å². The Kier molecular flexibility index (Phi) is 3.57. The first-order valence-electron chi connectivity index (χ1n) is 7.83. The molecule has 1 aromatic heterocycles. The van der Waals surface area contributed by atoms with Crippen LogP contribution in [0.2, 0.25) is 0 Å². The molecule has 0 unspecified atom stereocenters. The maximum atomic E-state index is 6.15. The number of hydrogen-bond acceptors (Lipinski definition) is 5. The van der Waals surface area contributed by atoms with Gasteiger partial charge in [-0.15, -0.1) is 0 Å². The molecule has 0 bridgehead atoms. The highest BCUT2D eigenvalue weighted by Crippen LogP contribution is 2.42. The molecular weight excluding hydrogens is 320 g/mol. The molecule has 0 fully saturated rings. The van der Waals surface area contributed by atoms with E-state index >= 15 is 0 Å². The molecule has 0 saturated carbocycles. The van der Waals surface area contributed by atoms with Crippen molar-refractivity contribution in [3.05, 3.63) is 36.4 Å². The second-order valence-corrected chi connectivity index (χ2v) is 5.68. The van der Waals surface area contributed by atoms with E-state index in [4.69, 9.17) is 23.4 Å². The summed E-state index contributed by atoms with van der Waals surface area (Å²) in [6.45, 7) is 0. The molecule has 5 nitrogen and oxygen atoms in total. The van der Waals surface area contributed by atoms with Crippen molar-refractivity contribution in [1.29, 1.82) is 0 Å². The topological polar surface area (TPSA) is 50.1 Å². The van der Waals surface area contributed by atoms with Crippen LogP contribution in [0.3, 0.4) is 0 Å². The van der Waals surface area contributed by atoms with Gasteiger partial charge in [0.05, 0.1) is 28.4 Å². The lowest BCUT2D eigenvalue weighted by molar-refractivity contribution is 0.355. The summed E-state index contributed by atoms with van der Waals surface area (Å²) in [5.74, 6) is 2.66. The highest BCUT2D eigenvalue weighted by atomic mass is 16.5.